The molecule has 1 aliphatic rings. The number of carbonyl (C=O) groups excluding carboxylic acids is 1. The molecule has 0 aromatic heterocycles. The smallest absolute Gasteiger partial charge is 0.303 e. The van der Waals surface area contributed by atoms with E-state index in [1.807, 2.05) is 13.8 Å². The molecule has 0 heterocycles. The predicted octanol–water partition coefficient (Wildman–Crippen LogP) is 1.81. The number of ether oxygens (including phenoxy) is 1. The van der Waals surface area contributed by atoms with Crippen molar-refractivity contribution in [2.75, 3.05) is 13.2 Å². The summed E-state index contributed by atoms with van der Waals surface area (Å²) in [6.07, 6.45) is 3.68. The van der Waals surface area contributed by atoms with Crippen LogP contribution in [-0.2, 0) is 14.3 Å². The topological polar surface area (TPSA) is 75.6 Å². The van der Waals surface area contributed by atoms with E-state index in [1.165, 1.54) is 0 Å². The van der Waals surface area contributed by atoms with Gasteiger partial charge < -0.3 is 15.2 Å². The van der Waals surface area contributed by atoms with Crippen LogP contribution in [0.5, 0.6) is 0 Å². The van der Waals surface area contributed by atoms with E-state index < -0.39 is 5.97 Å². The fraction of sp³-hybridized carbons (Fsp3) is 0.857. The van der Waals surface area contributed by atoms with Gasteiger partial charge in [0.2, 0.25) is 5.91 Å². The second-order valence-electron chi connectivity index (χ2n) is 5.30. The number of carbonyl (C=O) groups is 2. The highest BCUT2D eigenvalue weighted by Crippen LogP contribution is 2.32. The van der Waals surface area contributed by atoms with Crippen molar-refractivity contribution in [3.63, 3.8) is 0 Å². The summed E-state index contributed by atoms with van der Waals surface area (Å²) in [5, 5.41) is 11.6. The standard InChI is InChI=1S/C14H25NO4/c1-3-10(8-14(17)18)9-15-13(16)7-11-5-12(6-11)19-4-2/h10-12H,3-9H2,1-2H3,(H,15,16)(H,17,18). The summed E-state index contributed by atoms with van der Waals surface area (Å²) >= 11 is 0. The Balaban J connectivity index is 2.13. The zero-order valence-corrected chi connectivity index (χ0v) is 11.9. The molecule has 1 saturated carbocycles. The van der Waals surface area contributed by atoms with Crippen molar-refractivity contribution < 1.29 is 19.4 Å². The van der Waals surface area contributed by atoms with Crippen molar-refractivity contribution in [3.8, 4) is 0 Å². The van der Waals surface area contributed by atoms with Crippen LogP contribution in [-0.4, -0.2) is 36.2 Å². The van der Waals surface area contributed by atoms with Crippen molar-refractivity contribution >= 4 is 11.9 Å². The lowest BCUT2D eigenvalue weighted by Crippen LogP contribution is -2.37. The fourth-order valence-corrected chi connectivity index (χ4v) is 2.41. The summed E-state index contributed by atoms with van der Waals surface area (Å²) in [7, 11) is 0. The highest BCUT2D eigenvalue weighted by molar-refractivity contribution is 5.76. The molecule has 1 aliphatic carbocycles. The molecule has 0 aromatic rings. The monoisotopic (exact) mass is 271 g/mol. The quantitative estimate of drug-likeness (QED) is 0.670. The van der Waals surface area contributed by atoms with Gasteiger partial charge in [-0.15, -0.1) is 0 Å². The minimum atomic E-state index is -0.806. The van der Waals surface area contributed by atoms with Crippen LogP contribution in [0.15, 0.2) is 0 Å². The Kier molecular flexibility index (Phi) is 6.84. The van der Waals surface area contributed by atoms with Gasteiger partial charge in [-0.3, -0.25) is 9.59 Å². The van der Waals surface area contributed by atoms with Gasteiger partial charge in [0.25, 0.3) is 0 Å². The van der Waals surface area contributed by atoms with Gasteiger partial charge in [0.05, 0.1) is 6.10 Å². The average Bonchev–Trinajstić information content (AvgIpc) is 2.31. The van der Waals surface area contributed by atoms with E-state index in [0.717, 1.165) is 25.9 Å². The number of carboxylic acid groups (broad SMARTS) is 1. The second-order valence-corrected chi connectivity index (χ2v) is 5.30. The largest absolute Gasteiger partial charge is 0.481 e. The normalized spacial score (nSPS) is 23.5. The molecule has 5 nitrogen and oxygen atoms in total. The predicted molar refractivity (Wildman–Crippen MR) is 71.8 cm³/mol. The van der Waals surface area contributed by atoms with Crippen LogP contribution in [0.1, 0.15) is 46.0 Å². The van der Waals surface area contributed by atoms with Crippen LogP contribution < -0.4 is 5.32 Å². The Morgan fingerprint density at radius 3 is 2.58 bits per heavy atom. The van der Waals surface area contributed by atoms with E-state index in [0.29, 0.717) is 25.0 Å². The maximum atomic E-state index is 11.7. The minimum Gasteiger partial charge on any atom is -0.481 e. The lowest BCUT2D eigenvalue weighted by atomic mass is 9.80. The molecule has 2 N–H and O–H groups in total. The number of carboxylic acids is 1. The van der Waals surface area contributed by atoms with Gasteiger partial charge in [-0.1, -0.05) is 13.3 Å². The third-order valence-electron chi connectivity index (χ3n) is 3.70. The number of nitrogens with one attached hydrogen (secondary N) is 1. The lowest BCUT2D eigenvalue weighted by molar-refractivity contribution is -0.138. The molecule has 1 atom stereocenters. The molecular formula is C14H25NO4. The first-order chi connectivity index (χ1) is 9.05. The Bertz CT molecular complexity index is 300. The lowest BCUT2D eigenvalue weighted by Gasteiger charge is -2.34. The number of amides is 1. The third kappa shape index (κ3) is 6.05. The number of hydrogen-bond acceptors (Lipinski definition) is 3. The van der Waals surface area contributed by atoms with Gasteiger partial charge in [0.1, 0.15) is 0 Å². The number of aliphatic carboxylic acids is 1. The Morgan fingerprint density at radius 2 is 2.05 bits per heavy atom. The van der Waals surface area contributed by atoms with E-state index in [1.54, 1.807) is 0 Å². The molecule has 0 radical (unpaired) electrons. The summed E-state index contributed by atoms with van der Waals surface area (Å²) < 4.78 is 5.45. The SMILES string of the molecule is CCOC1CC(CC(=O)NCC(CC)CC(=O)O)C1. The van der Waals surface area contributed by atoms with E-state index in [9.17, 15) is 9.59 Å². The van der Waals surface area contributed by atoms with E-state index in [4.69, 9.17) is 9.84 Å². The Morgan fingerprint density at radius 1 is 1.37 bits per heavy atom. The maximum absolute atomic E-state index is 11.7. The summed E-state index contributed by atoms with van der Waals surface area (Å²) in [4.78, 5) is 22.3. The molecule has 1 amide bonds. The summed E-state index contributed by atoms with van der Waals surface area (Å²) in [6, 6.07) is 0. The zero-order valence-electron chi connectivity index (χ0n) is 11.9. The van der Waals surface area contributed by atoms with Crippen LogP contribution in [0.3, 0.4) is 0 Å². The molecule has 1 rings (SSSR count). The molecule has 110 valence electrons. The van der Waals surface area contributed by atoms with Gasteiger partial charge in [-0.2, -0.15) is 0 Å². The molecule has 0 bridgehead atoms. The molecule has 0 saturated heterocycles. The van der Waals surface area contributed by atoms with E-state index in [2.05, 4.69) is 5.32 Å². The fourth-order valence-electron chi connectivity index (χ4n) is 2.41. The van der Waals surface area contributed by atoms with Gasteiger partial charge >= 0.3 is 5.97 Å². The number of hydrogen-bond donors (Lipinski definition) is 2. The third-order valence-corrected chi connectivity index (χ3v) is 3.70. The molecule has 0 spiro atoms. The Labute approximate surface area is 114 Å². The van der Waals surface area contributed by atoms with Crippen LogP contribution in [0.2, 0.25) is 0 Å². The molecule has 1 unspecified atom stereocenters. The molecule has 0 aliphatic heterocycles. The first-order valence-corrected chi connectivity index (χ1v) is 7.15. The van der Waals surface area contributed by atoms with Crippen molar-refractivity contribution in [1.82, 2.24) is 5.32 Å². The van der Waals surface area contributed by atoms with Crippen LogP contribution >= 0.6 is 0 Å². The molecular weight excluding hydrogens is 246 g/mol. The van der Waals surface area contributed by atoms with Gasteiger partial charge in [-0.05, 0) is 31.6 Å². The maximum Gasteiger partial charge on any atom is 0.303 e. The summed E-state index contributed by atoms with van der Waals surface area (Å²) in [5.74, 6) is -0.321. The molecule has 5 heteroatoms. The highest BCUT2D eigenvalue weighted by Gasteiger charge is 2.31. The van der Waals surface area contributed by atoms with Crippen molar-refractivity contribution in [1.29, 1.82) is 0 Å². The van der Waals surface area contributed by atoms with Crippen LogP contribution in [0.4, 0.5) is 0 Å². The first-order valence-electron chi connectivity index (χ1n) is 7.15. The van der Waals surface area contributed by atoms with Gasteiger partial charge in [0.15, 0.2) is 0 Å². The van der Waals surface area contributed by atoms with Crippen molar-refractivity contribution in [3.05, 3.63) is 0 Å². The second kappa shape index (κ2) is 8.15. The van der Waals surface area contributed by atoms with Crippen molar-refractivity contribution in [2.45, 2.75) is 52.1 Å². The highest BCUT2D eigenvalue weighted by atomic mass is 16.5. The average molecular weight is 271 g/mol. The van der Waals surface area contributed by atoms with Gasteiger partial charge in [-0.25, -0.2) is 0 Å². The summed E-state index contributed by atoms with van der Waals surface area (Å²) in [5.41, 5.74) is 0. The van der Waals surface area contributed by atoms with E-state index in [-0.39, 0.29) is 18.2 Å². The molecule has 19 heavy (non-hydrogen) atoms. The van der Waals surface area contributed by atoms with Crippen LogP contribution in [0, 0.1) is 11.8 Å². The number of rotatable bonds is 9. The first kappa shape index (κ1) is 16.0. The molecule has 0 aromatic carbocycles. The van der Waals surface area contributed by atoms with Gasteiger partial charge in [0, 0.05) is 26.0 Å². The van der Waals surface area contributed by atoms with Crippen molar-refractivity contribution in [2.24, 2.45) is 11.8 Å². The minimum absolute atomic E-state index is 0.0269. The molecule has 1 fully saturated rings. The van der Waals surface area contributed by atoms with Crippen LogP contribution in [0.25, 0.3) is 0 Å². The summed E-state index contributed by atoms with van der Waals surface area (Å²) in [6.45, 7) is 5.12. The Hall–Kier alpha value is -1.10. The zero-order chi connectivity index (χ0) is 14.3. The van der Waals surface area contributed by atoms with E-state index >= 15 is 0 Å².